The van der Waals surface area contributed by atoms with Crippen LogP contribution in [0.15, 0.2) is 30.0 Å². The standard InChI is InChI=1S/C15H18FNO/c1-10-3-6-15(18)12(7-10)9-17-13-4-5-14(16)11(2)8-13/h4-5,8-10,17H,3,6-7H2,1-2H3/b12-9+/t10-/m0/s1. The van der Waals surface area contributed by atoms with Gasteiger partial charge in [-0.05, 0) is 49.4 Å². The van der Waals surface area contributed by atoms with Gasteiger partial charge in [-0.1, -0.05) is 6.92 Å². The lowest BCUT2D eigenvalue weighted by molar-refractivity contribution is -0.116. The van der Waals surface area contributed by atoms with Gasteiger partial charge in [-0.2, -0.15) is 0 Å². The molecule has 0 unspecified atom stereocenters. The molecule has 0 aromatic heterocycles. The molecule has 1 atom stereocenters. The van der Waals surface area contributed by atoms with E-state index < -0.39 is 0 Å². The van der Waals surface area contributed by atoms with Crippen molar-refractivity contribution in [3.05, 3.63) is 41.4 Å². The highest BCUT2D eigenvalue weighted by molar-refractivity contribution is 5.96. The number of allylic oxidation sites excluding steroid dienone is 1. The van der Waals surface area contributed by atoms with E-state index in [2.05, 4.69) is 12.2 Å². The van der Waals surface area contributed by atoms with Crippen LogP contribution < -0.4 is 5.32 Å². The van der Waals surface area contributed by atoms with Crippen molar-refractivity contribution < 1.29 is 9.18 Å². The number of ketones is 1. The van der Waals surface area contributed by atoms with Crippen molar-refractivity contribution in [2.75, 3.05) is 5.32 Å². The van der Waals surface area contributed by atoms with Crippen LogP contribution in [0.25, 0.3) is 0 Å². The van der Waals surface area contributed by atoms with Crippen LogP contribution in [0.5, 0.6) is 0 Å². The Bertz CT molecular complexity index is 493. The third-order valence-electron chi connectivity index (χ3n) is 3.36. The van der Waals surface area contributed by atoms with E-state index in [1.54, 1.807) is 25.3 Å². The number of carbonyl (C=O) groups is 1. The topological polar surface area (TPSA) is 29.1 Å². The summed E-state index contributed by atoms with van der Waals surface area (Å²) in [6.45, 7) is 3.88. The predicted octanol–water partition coefficient (Wildman–Crippen LogP) is 3.82. The van der Waals surface area contributed by atoms with E-state index in [-0.39, 0.29) is 11.6 Å². The number of anilines is 1. The predicted molar refractivity (Wildman–Crippen MR) is 70.9 cm³/mol. The van der Waals surface area contributed by atoms with Gasteiger partial charge >= 0.3 is 0 Å². The molecule has 0 heterocycles. The molecule has 1 aliphatic rings. The molecule has 1 saturated carbocycles. The van der Waals surface area contributed by atoms with Crippen molar-refractivity contribution >= 4 is 11.5 Å². The summed E-state index contributed by atoms with van der Waals surface area (Å²) >= 11 is 0. The fourth-order valence-electron chi connectivity index (χ4n) is 2.17. The summed E-state index contributed by atoms with van der Waals surface area (Å²) in [5.74, 6) is 0.570. The zero-order valence-electron chi connectivity index (χ0n) is 10.8. The molecule has 1 N–H and O–H groups in total. The third kappa shape index (κ3) is 2.97. The van der Waals surface area contributed by atoms with Crippen molar-refractivity contribution in [2.45, 2.75) is 33.1 Å². The molecule has 0 bridgehead atoms. The molecule has 96 valence electrons. The molecule has 3 heteroatoms. The van der Waals surface area contributed by atoms with Crippen LogP contribution in [0.3, 0.4) is 0 Å². The molecule has 0 spiro atoms. The van der Waals surface area contributed by atoms with Gasteiger partial charge in [-0.3, -0.25) is 4.79 Å². The van der Waals surface area contributed by atoms with Gasteiger partial charge in [0.25, 0.3) is 0 Å². The quantitative estimate of drug-likeness (QED) is 0.805. The second kappa shape index (κ2) is 5.34. The van der Waals surface area contributed by atoms with Gasteiger partial charge in [-0.25, -0.2) is 4.39 Å². The lowest BCUT2D eigenvalue weighted by Crippen LogP contribution is -2.15. The van der Waals surface area contributed by atoms with Gasteiger partial charge < -0.3 is 5.32 Å². The summed E-state index contributed by atoms with van der Waals surface area (Å²) in [6.07, 6.45) is 4.21. The monoisotopic (exact) mass is 247 g/mol. The Hall–Kier alpha value is -1.64. The van der Waals surface area contributed by atoms with Crippen LogP contribution in [0.2, 0.25) is 0 Å². The van der Waals surface area contributed by atoms with Crippen molar-refractivity contribution in [1.82, 2.24) is 0 Å². The maximum atomic E-state index is 13.1. The van der Waals surface area contributed by atoms with Crippen molar-refractivity contribution in [1.29, 1.82) is 0 Å². The van der Waals surface area contributed by atoms with Gasteiger partial charge in [0.1, 0.15) is 5.82 Å². The first-order valence-corrected chi connectivity index (χ1v) is 6.31. The Morgan fingerprint density at radius 1 is 1.44 bits per heavy atom. The number of halogens is 1. The van der Waals surface area contributed by atoms with E-state index >= 15 is 0 Å². The summed E-state index contributed by atoms with van der Waals surface area (Å²) in [6, 6.07) is 4.85. The number of Topliss-reactive ketones (excluding diaryl/α,β-unsaturated/α-hetero) is 1. The summed E-state index contributed by atoms with van der Waals surface area (Å²) < 4.78 is 13.1. The molecule has 0 aliphatic heterocycles. The maximum Gasteiger partial charge on any atom is 0.160 e. The van der Waals surface area contributed by atoms with Gasteiger partial charge in [-0.15, -0.1) is 0 Å². The molecule has 18 heavy (non-hydrogen) atoms. The molecule has 0 radical (unpaired) electrons. The average molecular weight is 247 g/mol. The van der Waals surface area contributed by atoms with E-state index in [0.717, 1.165) is 24.1 Å². The zero-order valence-corrected chi connectivity index (χ0v) is 10.8. The Balaban J connectivity index is 2.09. The molecule has 1 fully saturated rings. The van der Waals surface area contributed by atoms with Crippen LogP contribution in [-0.2, 0) is 4.79 Å². The van der Waals surface area contributed by atoms with Crippen molar-refractivity contribution in [3.63, 3.8) is 0 Å². The molecule has 2 nitrogen and oxygen atoms in total. The van der Waals surface area contributed by atoms with Gasteiger partial charge in [0.15, 0.2) is 5.78 Å². The molecule has 1 aliphatic carbocycles. The van der Waals surface area contributed by atoms with Crippen LogP contribution in [-0.4, -0.2) is 5.78 Å². The number of carbonyl (C=O) groups excluding carboxylic acids is 1. The fraction of sp³-hybridized carbons (Fsp3) is 0.400. The Morgan fingerprint density at radius 3 is 2.94 bits per heavy atom. The number of rotatable bonds is 2. The lowest BCUT2D eigenvalue weighted by Gasteiger charge is -2.19. The normalized spacial score (nSPS) is 22.3. The molecule has 0 amide bonds. The molecular formula is C15H18FNO. The third-order valence-corrected chi connectivity index (χ3v) is 3.36. The Labute approximate surface area is 107 Å². The molecule has 0 saturated heterocycles. The highest BCUT2D eigenvalue weighted by Crippen LogP contribution is 2.25. The maximum absolute atomic E-state index is 13.1. The Morgan fingerprint density at radius 2 is 2.22 bits per heavy atom. The van der Waals surface area contributed by atoms with E-state index in [1.807, 2.05) is 0 Å². The minimum absolute atomic E-state index is 0.212. The second-order valence-electron chi connectivity index (χ2n) is 5.05. The van der Waals surface area contributed by atoms with E-state index in [1.165, 1.54) is 6.07 Å². The number of benzene rings is 1. The fourth-order valence-corrected chi connectivity index (χ4v) is 2.17. The molecule has 1 aromatic rings. The first-order valence-electron chi connectivity index (χ1n) is 6.31. The van der Waals surface area contributed by atoms with Crippen LogP contribution in [0.1, 0.15) is 31.7 Å². The second-order valence-corrected chi connectivity index (χ2v) is 5.05. The first-order chi connectivity index (χ1) is 8.56. The van der Waals surface area contributed by atoms with Crippen LogP contribution >= 0.6 is 0 Å². The molecule has 2 rings (SSSR count). The summed E-state index contributed by atoms with van der Waals surface area (Å²) in [5, 5.41) is 3.08. The number of hydrogen-bond donors (Lipinski definition) is 1. The average Bonchev–Trinajstić information content (AvgIpc) is 2.34. The summed E-state index contributed by atoms with van der Waals surface area (Å²) in [5.41, 5.74) is 2.25. The lowest BCUT2D eigenvalue weighted by atomic mass is 9.86. The number of nitrogens with one attached hydrogen (secondary N) is 1. The smallest absolute Gasteiger partial charge is 0.160 e. The Kier molecular flexibility index (Phi) is 3.80. The van der Waals surface area contributed by atoms with Gasteiger partial charge in [0.2, 0.25) is 0 Å². The van der Waals surface area contributed by atoms with Gasteiger partial charge in [0.05, 0.1) is 0 Å². The van der Waals surface area contributed by atoms with E-state index in [0.29, 0.717) is 17.9 Å². The molecule has 1 aromatic carbocycles. The number of hydrogen-bond acceptors (Lipinski definition) is 2. The summed E-state index contributed by atoms with van der Waals surface area (Å²) in [7, 11) is 0. The highest BCUT2D eigenvalue weighted by atomic mass is 19.1. The number of aryl methyl sites for hydroxylation is 1. The minimum atomic E-state index is -0.212. The minimum Gasteiger partial charge on any atom is -0.361 e. The SMILES string of the molecule is Cc1cc(N/C=C2\C[C@@H](C)CCC2=O)ccc1F. The largest absolute Gasteiger partial charge is 0.361 e. The van der Waals surface area contributed by atoms with Crippen molar-refractivity contribution in [3.8, 4) is 0 Å². The van der Waals surface area contributed by atoms with Gasteiger partial charge in [0, 0.05) is 23.9 Å². The highest BCUT2D eigenvalue weighted by Gasteiger charge is 2.19. The van der Waals surface area contributed by atoms with E-state index in [9.17, 15) is 9.18 Å². The molecular weight excluding hydrogens is 229 g/mol. The van der Waals surface area contributed by atoms with Crippen LogP contribution in [0.4, 0.5) is 10.1 Å². The summed E-state index contributed by atoms with van der Waals surface area (Å²) in [4.78, 5) is 11.7. The zero-order chi connectivity index (χ0) is 13.1. The first kappa shape index (κ1) is 12.8. The van der Waals surface area contributed by atoms with Crippen LogP contribution in [0, 0.1) is 18.7 Å². The van der Waals surface area contributed by atoms with E-state index in [4.69, 9.17) is 0 Å². The van der Waals surface area contributed by atoms with Crippen molar-refractivity contribution in [2.24, 2.45) is 5.92 Å².